The highest BCUT2D eigenvalue weighted by Crippen LogP contribution is 2.13. The lowest BCUT2D eigenvalue weighted by Gasteiger charge is -2.23. The number of ether oxygens (including phenoxy) is 1. The summed E-state index contributed by atoms with van der Waals surface area (Å²) in [5.74, 6) is -1.81. The molecule has 0 aliphatic rings. The molecular weight excluding hydrogens is 382 g/mol. The second kappa shape index (κ2) is 10.2. The normalized spacial score (nSPS) is 12.4. The molecule has 0 saturated carbocycles. The van der Waals surface area contributed by atoms with Crippen LogP contribution in [0.15, 0.2) is 48.5 Å². The minimum absolute atomic E-state index is 0.237. The average Bonchev–Trinajstić information content (AvgIpc) is 2.72. The Balaban J connectivity index is 2.01. The van der Waals surface area contributed by atoms with E-state index in [2.05, 4.69) is 10.6 Å². The minimum Gasteiger partial charge on any atom is -0.451 e. The molecular formula is C23H25N3O4. The van der Waals surface area contributed by atoms with Gasteiger partial charge in [-0.2, -0.15) is 5.26 Å². The van der Waals surface area contributed by atoms with Crippen molar-refractivity contribution in [2.24, 2.45) is 5.92 Å². The first-order valence-electron chi connectivity index (χ1n) is 9.61. The summed E-state index contributed by atoms with van der Waals surface area (Å²) in [4.78, 5) is 37.6. The lowest BCUT2D eigenvalue weighted by atomic mass is 10.0. The largest absolute Gasteiger partial charge is 0.451 e. The number of hydrogen-bond acceptors (Lipinski definition) is 5. The molecule has 0 saturated heterocycles. The molecule has 2 atom stereocenters. The van der Waals surface area contributed by atoms with Crippen LogP contribution in [0.4, 0.5) is 5.69 Å². The van der Waals surface area contributed by atoms with Gasteiger partial charge in [0.2, 0.25) is 0 Å². The number of nitrogens with zero attached hydrogens (tertiary/aromatic N) is 1. The summed E-state index contributed by atoms with van der Waals surface area (Å²) < 4.78 is 5.30. The molecule has 7 nitrogen and oxygen atoms in total. The van der Waals surface area contributed by atoms with Gasteiger partial charge >= 0.3 is 5.97 Å². The number of nitrogens with one attached hydrogen (secondary N) is 2. The quantitative estimate of drug-likeness (QED) is 0.685. The highest BCUT2D eigenvalue weighted by atomic mass is 16.5. The molecule has 0 aromatic heterocycles. The second-order valence-corrected chi connectivity index (χ2v) is 7.27. The van der Waals surface area contributed by atoms with Crippen LogP contribution >= 0.6 is 0 Å². The zero-order valence-electron chi connectivity index (χ0n) is 17.4. The molecule has 156 valence electrons. The number of hydrogen-bond donors (Lipinski definition) is 2. The zero-order valence-corrected chi connectivity index (χ0v) is 17.4. The Hall–Kier alpha value is -3.66. The first-order valence-corrected chi connectivity index (χ1v) is 9.61. The number of rotatable bonds is 7. The number of carbonyl (C=O) groups excluding carboxylic acids is 3. The SMILES string of the molecule is Cc1ccccc1C(=O)N[C@H](C(=O)O[C@@H](C)C(=O)Nc1ccc(C#N)cc1)C(C)C. The van der Waals surface area contributed by atoms with Crippen LogP contribution in [-0.4, -0.2) is 29.9 Å². The van der Waals surface area contributed by atoms with Gasteiger partial charge in [-0.05, 0) is 55.7 Å². The third-order valence-corrected chi connectivity index (χ3v) is 4.54. The fraction of sp³-hybridized carbons (Fsp3) is 0.304. The van der Waals surface area contributed by atoms with E-state index in [9.17, 15) is 14.4 Å². The number of nitriles is 1. The van der Waals surface area contributed by atoms with Crippen molar-refractivity contribution in [1.29, 1.82) is 5.26 Å². The molecule has 0 heterocycles. The van der Waals surface area contributed by atoms with Crippen LogP contribution in [0.1, 0.15) is 42.3 Å². The Morgan fingerprint density at radius 2 is 1.63 bits per heavy atom. The number of aryl methyl sites for hydroxylation is 1. The summed E-state index contributed by atoms with van der Waals surface area (Å²) in [6.07, 6.45) is -1.07. The van der Waals surface area contributed by atoms with E-state index >= 15 is 0 Å². The Labute approximate surface area is 176 Å². The van der Waals surface area contributed by atoms with Gasteiger partial charge in [0, 0.05) is 11.3 Å². The summed E-state index contributed by atoms with van der Waals surface area (Å²) >= 11 is 0. The maximum absolute atomic E-state index is 12.6. The second-order valence-electron chi connectivity index (χ2n) is 7.27. The van der Waals surface area contributed by atoms with Crippen molar-refractivity contribution in [3.63, 3.8) is 0 Å². The molecule has 0 fully saturated rings. The molecule has 2 aromatic carbocycles. The highest BCUT2D eigenvalue weighted by Gasteiger charge is 2.29. The third-order valence-electron chi connectivity index (χ3n) is 4.54. The molecule has 0 unspecified atom stereocenters. The lowest BCUT2D eigenvalue weighted by Crippen LogP contribution is -2.47. The maximum atomic E-state index is 12.6. The average molecular weight is 407 g/mol. The Kier molecular flexibility index (Phi) is 7.70. The molecule has 2 rings (SSSR count). The van der Waals surface area contributed by atoms with Crippen molar-refractivity contribution in [3.8, 4) is 6.07 Å². The van der Waals surface area contributed by atoms with Crippen molar-refractivity contribution < 1.29 is 19.1 Å². The van der Waals surface area contributed by atoms with Crippen molar-refractivity contribution in [2.75, 3.05) is 5.32 Å². The molecule has 2 aromatic rings. The summed E-state index contributed by atoms with van der Waals surface area (Å²) in [5.41, 5.74) is 2.22. The van der Waals surface area contributed by atoms with Crippen LogP contribution < -0.4 is 10.6 Å². The van der Waals surface area contributed by atoms with Crippen LogP contribution in [0, 0.1) is 24.2 Å². The van der Waals surface area contributed by atoms with Gasteiger partial charge in [-0.15, -0.1) is 0 Å². The van der Waals surface area contributed by atoms with Crippen LogP contribution in [0.2, 0.25) is 0 Å². The van der Waals surface area contributed by atoms with Crippen molar-refractivity contribution in [3.05, 3.63) is 65.2 Å². The van der Waals surface area contributed by atoms with E-state index < -0.39 is 24.0 Å². The van der Waals surface area contributed by atoms with Gasteiger partial charge < -0.3 is 15.4 Å². The van der Waals surface area contributed by atoms with E-state index in [1.165, 1.54) is 6.92 Å². The van der Waals surface area contributed by atoms with E-state index in [0.717, 1.165) is 5.56 Å². The molecule has 0 aliphatic heterocycles. The van der Waals surface area contributed by atoms with E-state index in [1.54, 1.807) is 50.2 Å². The predicted molar refractivity (Wildman–Crippen MR) is 113 cm³/mol. The zero-order chi connectivity index (χ0) is 22.3. The van der Waals surface area contributed by atoms with E-state index in [4.69, 9.17) is 10.00 Å². The summed E-state index contributed by atoms with van der Waals surface area (Å²) in [5, 5.41) is 14.2. The Bertz CT molecular complexity index is 961. The van der Waals surface area contributed by atoms with Gasteiger partial charge in [0.05, 0.1) is 11.6 Å². The van der Waals surface area contributed by atoms with Crippen molar-refractivity contribution >= 4 is 23.5 Å². The number of benzene rings is 2. The first kappa shape index (κ1) is 22.6. The van der Waals surface area contributed by atoms with Gasteiger partial charge in [0.1, 0.15) is 6.04 Å². The van der Waals surface area contributed by atoms with Crippen LogP contribution in [0.25, 0.3) is 0 Å². The number of carbonyl (C=O) groups is 3. The van der Waals surface area contributed by atoms with Gasteiger partial charge in [-0.1, -0.05) is 32.0 Å². The molecule has 0 aliphatic carbocycles. The van der Waals surface area contributed by atoms with Crippen molar-refractivity contribution in [1.82, 2.24) is 5.32 Å². The van der Waals surface area contributed by atoms with E-state index in [1.807, 2.05) is 25.1 Å². The number of anilines is 1. The van der Waals surface area contributed by atoms with Gasteiger partial charge in [-0.25, -0.2) is 4.79 Å². The maximum Gasteiger partial charge on any atom is 0.329 e. The molecule has 7 heteroatoms. The Morgan fingerprint density at radius 1 is 1.00 bits per heavy atom. The standard InChI is InChI=1S/C23H25N3O4/c1-14(2)20(26-22(28)19-8-6-5-7-15(19)3)23(29)30-16(4)21(27)25-18-11-9-17(13-24)10-12-18/h5-12,14,16,20H,1-4H3,(H,25,27)(H,26,28)/t16-,20-/m0/s1. The summed E-state index contributed by atoms with van der Waals surface area (Å²) in [6.45, 7) is 6.84. The first-order chi connectivity index (χ1) is 14.2. The number of esters is 1. The molecule has 30 heavy (non-hydrogen) atoms. The van der Waals surface area contributed by atoms with Crippen LogP contribution in [0.3, 0.4) is 0 Å². The van der Waals surface area contributed by atoms with Crippen LogP contribution in [-0.2, 0) is 14.3 Å². The number of amides is 2. The highest BCUT2D eigenvalue weighted by molar-refractivity contribution is 5.99. The molecule has 2 N–H and O–H groups in total. The molecule has 0 bridgehead atoms. The third kappa shape index (κ3) is 5.92. The van der Waals surface area contributed by atoms with Gasteiger partial charge in [0.15, 0.2) is 6.10 Å². The molecule has 2 amide bonds. The van der Waals surface area contributed by atoms with Gasteiger partial charge in [0.25, 0.3) is 11.8 Å². The lowest BCUT2D eigenvalue weighted by molar-refractivity contribution is -0.156. The molecule has 0 radical (unpaired) electrons. The fourth-order valence-electron chi connectivity index (χ4n) is 2.72. The topological polar surface area (TPSA) is 108 Å². The minimum atomic E-state index is -1.07. The smallest absolute Gasteiger partial charge is 0.329 e. The van der Waals surface area contributed by atoms with E-state index in [0.29, 0.717) is 16.8 Å². The molecule has 0 spiro atoms. The summed E-state index contributed by atoms with van der Waals surface area (Å²) in [6, 6.07) is 14.5. The summed E-state index contributed by atoms with van der Waals surface area (Å²) in [7, 11) is 0. The Morgan fingerprint density at radius 3 is 2.20 bits per heavy atom. The predicted octanol–water partition coefficient (Wildman–Crippen LogP) is 3.19. The van der Waals surface area contributed by atoms with Crippen molar-refractivity contribution in [2.45, 2.75) is 39.8 Å². The van der Waals surface area contributed by atoms with Gasteiger partial charge in [-0.3, -0.25) is 9.59 Å². The van der Waals surface area contributed by atoms with Crippen LogP contribution in [0.5, 0.6) is 0 Å². The van der Waals surface area contributed by atoms with E-state index in [-0.39, 0.29) is 11.8 Å². The fourth-order valence-corrected chi connectivity index (χ4v) is 2.72. The monoisotopic (exact) mass is 407 g/mol.